The van der Waals surface area contributed by atoms with Gasteiger partial charge in [-0.3, -0.25) is 9.10 Å². The third-order valence-corrected chi connectivity index (χ3v) is 5.66. The SMILES string of the molecule is CCOc1ccc(CCCNC(=O)[C@H](C)N(c2ccc(F)c(F)c2)S(C)(=O)=O)cc1. The molecule has 0 aliphatic rings. The van der Waals surface area contributed by atoms with Gasteiger partial charge in [-0.25, -0.2) is 17.2 Å². The molecule has 0 saturated heterocycles. The molecule has 9 heteroatoms. The first kappa shape index (κ1) is 23.6. The maximum absolute atomic E-state index is 13.6. The highest BCUT2D eigenvalue weighted by atomic mass is 32.2. The van der Waals surface area contributed by atoms with Crippen molar-refractivity contribution in [2.45, 2.75) is 32.7 Å². The minimum absolute atomic E-state index is 0.117. The van der Waals surface area contributed by atoms with Crippen LogP contribution in [0.3, 0.4) is 0 Å². The monoisotopic (exact) mass is 440 g/mol. The predicted octanol–water partition coefficient (Wildman–Crippen LogP) is 3.27. The van der Waals surface area contributed by atoms with Crippen LogP contribution in [0.5, 0.6) is 5.75 Å². The number of carbonyl (C=O) groups excluding carboxylic acids is 1. The molecule has 0 aliphatic carbocycles. The summed E-state index contributed by atoms with van der Waals surface area (Å²) in [7, 11) is -3.90. The van der Waals surface area contributed by atoms with Crippen LogP contribution in [0.4, 0.5) is 14.5 Å². The largest absolute Gasteiger partial charge is 0.494 e. The van der Waals surface area contributed by atoms with Gasteiger partial charge in [-0.2, -0.15) is 0 Å². The summed E-state index contributed by atoms with van der Waals surface area (Å²) in [5.41, 5.74) is 0.966. The molecule has 0 heterocycles. The summed E-state index contributed by atoms with van der Waals surface area (Å²) >= 11 is 0. The average Bonchev–Trinajstić information content (AvgIpc) is 2.68. The van der Waals surface area contributed by atoms with E-state index in [1.807, 2.05) is 31.2 Å². The van der Waals surface area contributed by atoms with Crippen molar-refractivity contribution in [2.75, 3.05) is 23.7 Å². The number of hydrogen-bond donors (Lipinski definition) is 1. The average molecular weight is 441 g/mol. The second-order valence-corrected chi connectivity index (χ2v) is 8.66. The van der Waals surface area contributed by atoms with Gasteiger partial charge in [0.05, 0.1) is 18.6 Å². The van der Waals surface area contributed by atoms with E-state index in [4.69, 9.17) is 4.74 Å². The van der Waals surface area contributed by atoms with E-state index >= 15 is 0 Å². The maximum atomic E-state index is 13.6. The number of anilines is 1. The highest BCUT2D eigenvalue weighted by Crippen LogP contribution is 2.23. The molecule has 1 atom stereocenters. The van der Waals surface area contributed by atoms with Crippen molar-refractivity contribution >= 4 is 21.6 Å². The zero-order valence-electron chi connectivity index (χ0n) is 17.2. The Morgan fingerprint density at radius 3 is 2.37 bits per heavy atom. The summed E-state index contributed by atoms with van der Waals surface area (Å²) in [5, 5.41) is 2.70. The van der Waals surface area contributed by atoms with Crippen LogP contribution in [0.2, 0.25) is 0 Å². The number of carbonyl (C=O) groups is 1. The summed E-state index contributed by atoms with van der Waals surface area (Å²) < 4.78 is 57.3. The number of ether oxygens (including phenoxy) is 1. The Hall–Kier alpha value is -2.68. The highest BCUT2D eigenvalue weighted by molar-refractivity contribution is 7.92. The van der Waals surface area contributed by atoms with Crippen molar-refractivity contribution in [3.63, 3.8) is 0 Å². The van der Waals surface area contributed by atoms with Crippen LogP contribution in [0.15, 0.2) is 42.5 Å². The van der Waals surface area contributed by atoms with Crippen LogP contribution in [-0.2, 0) is 21.2 Å². The lowest BCUT2D eigenvalue weighted by atomic mass is 10.1. The second-order valence-electron chi connectivity index (χ2n) is 6.80. The van der Waals surface area contributed by atoms with Gasteiger partial charge in [-0.1, -0.05) is 12.1 Å². The number of rotatable bonds is 10. The molecule has 0 saturated carbocycles. The van der Waals surface area contributed by atoms with E-state index in [0.717, 1.165) is 46.5 Å². The first-order chi connectivity index (χ1) is 14.1. The molecule has 1 amide bonds. The molecular weight excluding hydrogens is 414 g/mol. The molecule has 2 aromatic carbocycles. The lowest BCUT2D eigenvalue weighted by molar-refractivity contribution is -0.121. The van der Waals surface area contributed by atoms with E-state index in [1.54, 1.807) is 0 Å². The Labute approximate surface area is 175 Å². The van der Waals surface area contributed by atoms with Crippen LogP contribution in [0.25, 0.3) is 0 Å². The quantitative estimate of drug-likeness (QED) is 0.576. The molecule has 0 bridgehead atoms. The minimum atomic E-state index is -3.90. The molecule has 0 fully saturated rings. The van der Waals surface area contributed by atoms with Crippen molar-refractivity contribution in [1.82, 2.24) is 5.32 Å². The minimum Gasteiger partial charge on any atom is -0.494 e. The van der Waals surface area contributed by atoms with E-state index in [1.165, 1.54) is 6.92 Å². The zero-order chi connectivity index (χ0) is 22.3. The first-order valence-corrected chi connectivity index (χ1v) is 11.4. The topological polar surface area (TPSA) is 75.7 Å². The molecule has 0 aromatic heterocycles. The van der Waals surface area contributed by atoms with E-state index < -0.39 is 33.6 Å². The van der Waals surface area contributed by atoms with E-state index in [-0.39, 0.29) is 5.69 Å². The predicted molar refractivity (Wildman–Crippen MR) is 112 cm³/mol. The molecule has 2 aromatic rings. The number of amides is 1. The van der Waals surface area contributed by atoms with Gasteiger partial charge in [0.15, 0.2) is 11.6 Å². The molecule has 30 heavy (non-hydrogen) atoms. The van der Waals surface area contributed by atoms with E-state index in [2.05, 4.69) is 5.32 Å². The number of nitrogens with one attached hydrogen (secondary N) is 1. The summed E-state index contributed by atoms with van der Waals surface area (Å²) in [6, 6.07) is 9.23. The number of aryl methyl sites for hydroxylation is 1. The zero-order valence-corrected chi connectivity index (χ0v) is 18.0. The first-order valence-electron chi connectivity index (χ1n) is 9.57. The number of halogens is 2. The van der Waals surface area contributed by atoms with Gasteiger partial charge in [-0.05, 0) is 56.5 Å². The molecule has 6 nitrogen and oxygen atoms in total. The van der Waals surface area contributed by atoms with Crippen LogP contribution in [0, 0.1) is 11.6 Å². The Morgan fingerprint density at radius 1 is 1.13 bits per heavy atom. The number of sulfonamides is 1. The normalized spacial score (nSPS) is 12.3. The third-order valence-electron chi connectivity index (χ3n) is 4.42. The van der Waals surface area contributed by atoms with E-state index in [9.17, 15) is 22.0 Å². The molecule has 0 spiro atoms. The second kappa shape index (κ2) is 10.4. The summed E-state index contributed by atoms with van der Waals surface area (Å²) in [6.07, 6.45) is 2.28. The van der Waals surface area contributed by atoms with Gasteiger partial charge in [0.1, 0.15) is 11.8 Å². The molecule has 0 aliphatic heterocycles. The van der Waals surface area contributed by atoms with Crippen molar-refractivity contribution < 1.29 is 26.7 Å². The van der Waals surface area contributed by atoms with Gasteiger partial charge in [0.25, 0.3) is 0 Å². The smallest absolute Gasteiger partial charge is 0.243 e. The van der Waals surface area contributed by atoms with Crippen LogP contribution in [0.1, 0.15) is 25.8 Å². The Bertz CT molecular complexity index is 965. The van der Waals surface area contributed by atoms with Crippen LogP contribution in [-0.4, -0.2) is 39.8 Å². The van der Waals surface area contributed by atoms with Crippen molar-refractivity contribution in [3.05, 3.63) is 59.7 Å². The van der Waals surface area contributed by atoms with Crippen molar-refractivity contribution in [2.24, 2.45) is 0 Å². The van der Waals surface area contributed by atoms with Crippen LogP contribution >= 0.6 is 0 Å². The fraction of sp³-hybridized carbons (Fsp3) is 0.381. The van der Waals surface area contributed by atoms with Crippen LogP contribution < -0.4 is 14.4 Å². The van der Waals surface area contributed by atoms with Crippen molar-refractivity contribution in [3.8, 4) is 5.75 Å². The lowest BCUT2D eigenvalue weighted by Crippen LogP contribution is -2.48. The molecule has 2 rings (SSSR count). The fourth-order valence-corrected chi connectivity index (χ4v) is 4.17. The van der Waals surface area contributed by atoms with Gasteiger partial charge in [0.2, 0.25) is 15.9 Å². The van der Waals surface area contributed by atoms with Gasteiger partial charge >= 0.3 is 0 Å². The maximum Gasteiger partial charge on any atom is 0.243 e. The molecule has 1 N–H and O–H groups in total. The number of nitrogens with zero attached hydrogens (tertiary/aromatic N) is 1. The lowest BCUT2D eigenvalue weighted by Gasteiger charge is -2.28. The highest BCUT2D eigenvalue weighted by Gasteiger charge is 2.29. The summed E-state index contributed by atoms with van der Waals surface area (Å²) in [5.74, 6) is -2.03. The fourth-order valence-electron chi connectivity index (χ4n) is 3.00. The number of benzene rings is 2. The van der Waals surface area contributed by atoms with Gasteiger partial charge < -0.3 is 10.1 Å². The Balaban J connectivity index is 1.96. The third kappa shape index (κ3) is 6.41. The molecule has 0 unspecified atom stereocenters. The molecular formula is C21H26F2N2O4S. The Kier molecular flexibility index (Phi) is 8.16. The summed E-state index contributed by atoms with van der Waals surface area (Å²) in [4.78, 5) is 12.5. The Morgan fingerprint density at radius 2 is 1.80 bits per heavy atom. The summed E-state index contributed by atoms with van der Waals surface area (Å²) in [6.45, 7) is 4.24. The number of hydrogen-bond acceptors (Lipinski definition) is 4. The van der Waals surface area contributed by atoms with Gasteiger partial charge in [-0.15, -0.1) is 0 Å². The standard InChI is InChI=1S/C21H26F2N2O4S/c1-4-29-18-10-7-16(8-11-18)6-5-13-24-21(26)15(2)25(30(3,27)28)17-9-12-19(22)20(23)14-17/h7-12,14-15H,4-6,13H2,1-3H3,(H,24,26)/t15-/m0/s1. The van der Waals surface area contributed by atoms with Crippen molar-refractivity contribution in [1.29, 1.82) is 0 Å². The molecule has 164 valence electrons. The molecule has 0 radical (unpaired) electrons. The van der Waals surface area contributed by atoms with Gasteiger partial charge in [0, 0.05) is 12.6 Å². The van der Waals surface area contributed by atoms with E-state index in [0.29, 0.717) is 19.6 Å².